The molecule has 2 aromatic rings. The van der Waals surface area contributed by atoms with E-state index in [2.05, 4.69) is 27.4 Å². The maximum absolute atomic E-state index is 11.7. The average Bonchev–Trinajstić information content (AvgIpc) is 2.82. The molecule has 0 spiro atoms. The molecule has 1 fully saturated rings. The van der Waals surface area contributed by atoms with Crippen molar-refractivity contribution in [1.82, 2.24) is 15.3 Å². The number of benzene rings is 1. The summed E-state index contributed by atoms with van der Waals surface area (Å²) in [5.41, 5.74) is 2.17. The lowest BCUT2D eigenvalue weighted by molar-refractivity contribution is -0.119. The second-order valence-corrected chi connectivity index (χ2v) is 4.81. The van der Waals surface area contributed by atoms with Crippen molar-refractivity contribution in [3.63, 3.8) is 0 Å². The van der Waals surface area contributed by atoms with Gasteiger partial charge in [-0.2, -0.15) is 0 Å². The molecule has 1 aliphatic rings. The number of amides is 1. The number of rotatable bonds is 3. The molecule has 0 radical (unpaired) electrons. The summed E-state index contributed by atoms with van der Waals surface area (Å²) in [6.07, 6.45) is 4.61. The lowest BCUT2D eigenvalue weighted by Gasteiger charge is -2.18. The summed E-state index contributed by atoms with van der Waals surface area (Å²) in [5.74, 6) is 0.236. The Morgan fingerprint density at radius 3 is 2.79 bits per heavy atom. The lowest BCUT2D eigenvalue weighted by atomic mass is 9.92. The molecule has 4 heteroatoms. The van der Waals surface area contributed by atoms with E-state index in [4.69, 9.17) is 0 Å². The zero-order chi connectivity index (χ0) is 13.1. The van der Waals surface area contributed by atoms with Crippen molar-refractivity contribution in [3.05, 3.63) is 60.2 Å². The first kappa shape index (κ1) is 11.8. The minimum atomic E-state index is 0.101. The van der Waals surface area contributed by atoms with Crippen LogP contribution in [-0.4, -0.2) is 21.9 Å². The van der Waals surface area contributed by atoms with E-state index in [0.717, 1.165) is 12.1 Å². The molecule has 2 heterocycles. The third-order valence-electron chi connectivity index (χ3n) is 3.52. The van der Waals surface area contributed by atoms with Gasteiger partial charge in [-0.1, -0.05) is 30.3 Å². The molecule has 2 atom stereocenters. The fraction of sp³-hybridized carbons (Fsp3) is 0.267. The van der Waals surface area contributed by atoms with Crippen molar-refractivity contribution in [2.24, 2.45) is 0 Å². The van der Waals surface area contributed by atoms with Gasteiger partial charge in [0.25, 0.3) is 0 Å². The smallest absolute Gasteiger partial charge is 0.220 e. The predicted octanol–water partition coefficient (Wildman–Crippen LogP) is 1.69. The van der Waals surface area contributed by atoms with E-state index in [9.17, 15) is 4.79 Å². The largest absolute Gasteiger partial charge is 0.352 e. The highest BCUT2D eigenvalue weighted by Crippen LogP contribution is 2.28. The molecule has 3 rings (SSSR count). The van der Waals surface area contributed by atoms with Crippen LogP contribution in [0.5, 0.6) is 0 Å². The molecule has 0 aliphatic carbocycles. The summed E-state index contributed by atoms with van der Waals surface area (Å²) in [6, 6.07) is 12.2. The molecule has 2 unspecified atom stereocenters. The van der Waals surface area contributed by atoms with Crippen LogP contribution in [0.15, 0.2) is 48.9 Å². The summed E-state index contributed by atoms with van der Waals surface area (Å²) in [5, 5.41) is 3.05. The third kappa shape index (κ3) is 2.62. The summed E-state index contributed by atoms with van der Waals surface area (Å²) >= 11 is 0. The van der Waals surface area contributed by atoms with Crippen LogP contribution in [0.2, 0.25) is 0 Å². The minimum absolute atomic E-state index is 0.101. The molecule has 1 aromatic heterocycles. The van der Waals surface area contributed by atoms with Crippen molar-refractivity contribution in [2.75, 3.05) is 0 Å². The Hall–Kier alpha value is -2.23. The van der Waals surface area contributed by atoms with E-state index in [1.165, 1.54) is 11.9 Å². The molecule has 4 nitrogen and oxygen atoms in total. The molecule has 1 N–H and O–H groups in total. The van der Waals surface area contributed by atoms with Gasteiger partial charge in [-0.3, -0.25) is 4.79 Å². The number of aromatic nitrogens is 2. The second-order valence-electron chi connectivity index (χ2n) is 4.81. The van der Waals surface area contributed by atoms with Gasteiger partial charge in [-0.05, 0) is 18.1 Å². The summed E-state index contributed by atoms with van der Waals surface area (Å²) in [7, 11) is 0. The van der Waals surface area contributed by atoms with Crippen LogP contribution in [0.3, 0.4) is 0 Å². The minimum Gasteiger partial charge on any atom is -0.352 e. The molecule has 96 valence electrons. The average molecular weight is 253 g/mol. The first-order valence-corrected chi connectivity index (χ1v) is 6.42. The van der Waals surface area contributed by atoms with Crippen molar-refractivity contribution in [3.8, 4) is 0 Å². The first-order chi connectivity index (χ1) is 9.33. The number of carbonyl (C=O) groups excluding carboxylic acids is 1. The fourth-order valence-corrected chi connectivity index (χ4v) is 2.60. The zero-order valence-electron chi connectivity index (χ0n) is 10.5. The van der Waals surface area contributed by atoms with Crippen LogP contribution in [0, 0.1) is 0 Å². The van der Waals surface area contributed by atoms with Gasteiger partial charge in [0, 0.05) is 30.3 Å². The van der Waals surface area contributed by atoms with Crippen LogP contribution >= 0.6 is 0 Å². The number of nitrogens with one attached hydrogen (secondary N) is 1. The fourth-order valence-electron chi connectivity index (χ4n) is 2.60. The number of carbonyl (C=O) groups is 1. The van der Waals surface area contributed by atoms with Crippen LogP contribution in [0.25, 0.3) is 0 Å². The highest BCUT2D eigenvalue weighted by atomic mass is 16.2. The SMILES string of the molecule is O=C1CC(c2ccncn2)C(Cc2ccccc2)N1. The first-order valence-electron chi connectivity index (χ1n) is 6.42. The highest BCUT2D eigenvalue weighted by molar-refractivity contribution is 5.80. The lowest BCUT2D eigenvalue weighted by Crippen LogP contribution is -2.30. The molecule has 19 heavy (non-hydrogen) atoms. The molecule has 1 aliphatic heterocycles. The number of nitrogens with zero attached hydrogens (tertiary/aromatic N) is 2. The van der Waals surface area contributed by atoms with Crippen LogP contribution in [0.1, 0.15) is 23.6 Å². The molecular formula is C15H15N3O. The summed E-state index contributed by atoms with van der Waals surface area (Å²) < 4.78 is 0. The Balaban J connectivity index is 1.81. The van der Waals surface area contributed by atoms with Gasteiger partial charge >= 0.3 is 0 Å². The van der Waals surface area contributed by atoms with Gasteiger partial charge in [-0.15, -0.1) is 0 Å². The summed E-state index contributed by atoms with van der Waals surface area (Å²) in [4.78, 5) is 19.9. The number of hydrogen-bond donors (Lipinski definition) is 1. The molecule has 1 amide bonds. The Labute approximate surface area is 111 Å². The second kappa shape index (κ2) is 5.18. The normalized spacial score (nSPS) is 22.2. The zero-order valence-corrected chi connectivity index (χ0v) is 10.5. The van der Waals surface area contributed by atoms with E-state index >= 15 is 0 Å². The van der Waals surface area contributed by atoms with Gasteiger partial charge < -0.3 is 5.32 Å². The van der Waals surface area contributed by atoms with Gasteiger partial charge in [0.15, 0.2) is 0 Å². The molecule has 0 bridgehead atoms. The monoisotopic (exact) mass is 253 g/mol. The van der Waals surface area contributed by atoms with Gasteiger partial charge in [0.05, 0.1) is 0 Å². The molecule has 1 saturated heterocycles. The Morgan fingerprint density at radius 2 is 2.05 bits per heavy atom. The quantitative estimate of drug-likeness (QED) is 0.905. The Bertz CT molecular complexity index is 556. The van der Waals surface area contributed by atoms with Crippen molar-refractivity contribution < 1.29 is 4.79 Å². The molecule has 0 saturated carbocycles. The van der Waals surface area contributed by atoms with Crippen LogP contribution in [-0.2, 0) is 11.2 Å². The maximum atomic E-state index is 11.7. The van der Waals surface area contributed by atoms with E-state index < -0.39 is 0 Å². The number of hydrogen-bond acceptors (Lipinski definition) is 3. The summed E-state index contributed by atoms with van der Waals surface area (Å²) in [6.45, 7) is 0. The van der Waals surface area contributed by atoms with E-state index in [1.807, 2.05) is 24.3 Å². The Morgan fingerprint density at radius 1 is 1.21 bits per heavy atom. The Kier molecular flexibility index (Phi) is 3.23. The molecular weight excluding hydrogens is 238 g/mol. The van der Waals surface area contributed by atoms with Crippen LogP contribution in [0.4, 0.5) is 0 Å². The standard InChI is InChI=1S/C15H15N3O/c19-15-9-12(13-6-7-16-10-17-13)14(18-15)8-11-4-2-1-3-5-11/h1-7,10,12,14H,8-9H2,(H,18,19). The highest BCUT2D eigenvalue weighted by Gasteiger charge is 2.34. The topological polar surface area (TPSA) is 54.9 Å². The van der Waals surface area contributed by atoms with E-state index in [-0.39, 0.29) is 17.9 Å². The predicted molar refractivity (Wildman–Crippen MR) is 71.5 cm³/mol. The van der Waals surface area contributed by atoms with E-state index in [0.29, 0.717) is 6.42 Å². The van der Waals surface area contributed by atoms with Crippen LogP contribution < -0.4 is 5.32 Å². The van der Waals surface area contributed by atoms with Crippen molar-refractivity contribution >= 4 is 5.91 Å². The van der Waals surface area contributed by atoms with Gasteiger partial charge in [0.1, 0.15) is 6.33 Å². The molecule has 1 aromatic carbocycles. The van der Waals surface area contributed by atoms with Gasteiger partial charge in [-0.25, -0.2) is 9.97 Å². The van der Waals surface area contributed by atoms with Crippen molar-refractivity contribution in [2.45, 2.75) is 24.8 Å². The third-order valence-corrected chi connectivity index (χ3v) is 3.52. The van der Waals surface area contributed by atoms with E-state index in [1.54, 1.807) is 6.20 Å². The van der Waals surface area contributed by atoms with Gasteiger partial charge in [0.2, 0.25) is 5.91 Å². The maximum Gasteiger partial charge on any atom is 0.220 e. The van der Waals surface area contributed by atoms with Crippen molar-refractivity contribution in [1.29, 1.82) is 0 Å².